The maximum absolute atomic E-state index is 13.5. The first-order chi connectivity index (χ1) is 20.2. The molecule has 3 atom stereocenters. The lowest BCUT2D eigenvalue weighted by Gasteiger charge is -2.27. The number of carbonyl (C=O) groups is 4. The molecule has 0 saturated carbocycles. The van der Waals surface area contributed by atoms with E-state index < -0.39 is 53.3 Å². The van der Waals surface area contributed by atoms with E-state index in [4.69, 9.17) is 9.47 Å². The van der Waals surface area contributed by atoms with Crippen molar-refractivity contribution in [1.29, 1.82) is 0 Å². The van der Waals surface area contributed by atoms with Gasteiger partial charge in [0, 0.05) is 24.5 Å². The molecule has 3 aromatic rings. The van der Waals surface area contributed by atoms with Gasteiger partial charge < -0.3 is 25.2 Å². The Kier molecular flexibility index (Phi) is 11.5. The summed E-state index contributed by atoms with van der Waals surface area (Å²) in [6.45, 7) is 1.59. The molecule has 0 bridgehead atoms. The SMILES string of the molecule is CCOC(=O)C[C@H](c1ccc([N+](=O)[O-])cc1)[C@@H](NC(=O)[C@H](Cc1ccccc1)NC(=O)OCc1ccccc1)C(=O)O. The van der Waals surface area contributed by atoms with Crippen LogP contribution in [0.25, 0.3) is 0 Å². The molecule has 0 saturated heterocycles. The maximum atomic E-state index is 13.5. The van der Waals surface area contributed by atoms with E-state index in [1.807, 2.05) is 6.07 Å². The average molecular weight is 578 g/mol. The Balaban J connectivity index is 1.85. The lowest BCUT2D eigenvalue weighted by molar-refractivity contribution is -0.384. The third-order valence-corrected chi connectivity index (χ3v) is 6.29. The monoisotopic (exact) mass is 577 g/mol. The van der Waals surface area contributed by atoms with Gasteiger partial charge in [-0.2, -0.15) is 0 Å². The van der Waals surface area contributed by atoms with Crippen LogP contribution in [0.4, 0.5) is 10.5 Å². The molecule has 0 aliphatic heterocycles. The third-order valence-electron chi connectivity index (χ3n) is 6.29. The molecule has 0 aliphatic carbocycles. The van der Waals surface area contributed by atoms with Crippen molar-refractivity contribution < 1.29 is 38.7 Å². The summed E-state index contributed by atoms with van der Waals surface area (Å²) in [5.74, 6) is -4.15. The molecule has 0 aliphatic rings. The predicted octanol–water partition coefficient (Wildman–Crippen LogP) is 3.74. The predicted molar refractivity (Wildman–Crippen MR) is 150 cm³/mol. The van der Waals surface area contributed by atoms with E-state index >= 15 is 0 Å². The number of benzene rings is 3. The second kappa shape index (κ2) is 15.5. The number of nitro groups is 1. The van der Waals surface area contributed by atoms with Crippen LogP contribution in [-0.4, -0.2) is 52.7 Å². The summed E-state index contributed by atoms with van der Waals surface area (Å²) in [6.07, 6.45) is -1.31. The van der Waals surface area contributed by atoms with E-state index in [9.17, 15) is 34.4 Å². The van der Waals surface area contributed by atoms with Gasteiger partial charge in [0.2, 0.25) is 5.91 Å². The van der Waals surface area contributed by atoms with Crippen LogP contribution in [0.1, 0.15) is 36.0 Å². The minimum Gasteiger partial charge on any atom is -0.480 e. The standard InChI is InChI=1S/C30H31N3O9/c1-2-41-26(34)18-24(22-13-15-23(16-14-22)33(39)40)27(29(36)37)32-28(35)25(17-20-9-5-3-6-10-20)31-30(38)42-19-21-11-7-4-8-12-21/h3-16,24-25,27H,2,17-19H2,1H3,(H,31,38)(H,32,35)(H,36,37)/t24-,25+,27-/m1/s1. The van der Waals surface area contributed by atoms with Gasteiger partial charge in [-0.25, -0.2) is 9.59 Å². The molecule has 12 nitrogen and oxygen atoms in total. The number of nitrogens with one attached hydrogen (secondary N) is 2. The normalized spacial score (nSPS) is 12.7. The molecular formula is C30H31N3O9. The summed E-state index contributed by atoms with van der Waals surface area (Å²) in [5.41, 5.74) is 1.45. The van der Waals surface area contributed by atoms with E-state index in [2.05, 4.69) is 10.6 Å². The number of non-ortho nitro benzene ring substituents is 1. The first kappa shape index (κ1) is 31.3. The molecule has 0 aromatic heterocycles. The first-order valence-electron chi connectivity index (χ1n) is 13.1. The number of alkyl carbamates (subject to hydrolysis) is 1. The summed E-state index contributed by atoms with van der Waals surface area (Å²) in [4.78, 5) is 61.5. The largest absolute Gasteiger partial charge is 0.480 e. The minimum atomic E-state index is -1.65. The van der Waals surface area contributed by atoms with Crippen molar-refractivity contribution in [2.75, 3.05) is 6.61 Å². The first-order valence-corrected chi connectivity index (χ1v) is 13.1. The second-order valence-electron chi connectivity index (χ2n) is 9.24. The Hall–Kier alpha value is -5.26. The van der Waals surface area contributed by atoms with Crippen LogP contribution in [0, 0.1) is 10.1 Å². The Morgan fingerprint density at radius 2 is 1.45 bits per heavy atom. The Bertz CT molecular complexity index is 1370. The van der Waals surface area contributed by atoms with Crippen LogP contribution < -0.4 is 10.6 Å². The Morgan fingerprint density at radius 1 is 0.857 bits per heavy atom. The molecule has 0 heterocycles. The van der Waals surface area contributed by atoms with Crippen molar-refractivity contribution in [3.63, 3.8) is 0 Å². The van der Waals surface area contributed by atoms with Gasteiger partial charge in [-0.3, -0.25) is 19.7 Å². The van der Waals surface area contributed by atoms with Crippen LogP contribution in [0.15, 0.2) is 84.9 Å². The molecule has 12 heteroatoms. The van der Waals surface area contributed by atoms with Crippen LogP contribution in [0.5, 0.6) is 0 Å². The summed E-state index contributed by atoms with van der Waals surface area (Å²) in [5, 5.41) is 26.2. The van der Waals surface area contributed by atoms with Crippen molar-refractivity contribution in [1.82, 2.24) is 10.6 Å². The van der Waals surface area contributed by atoms with Crippen LogP contribution in [-0.2, 0) is 36.9 Å². The highest BCUT2D eigenvalue weighted by molar-refractivity contribution is 5.90. The van der Waals surface area contributed by atoms with Crippen molar-refractivity contribution >= 4 is 29.6 Å². The fourth-order valence-corrected chi connectivity index (χ4v) is 4.23. The van der Waals surface area contributed by atoms with Crippen LogP contribution in [0.2, 0.25) is 0 Å². The van der Waals surface area contributed by atoms with E-state index in [0.717, 1.165) is 5.56 Å². The fraction of sp³-hybridized carbons (Fsp3) is 0.267. The average Bonchev–Trinajstić information content (AvgIpc) is 2.98. The smallest absolute Gasteiger partial charge is 0.408 e. The molecule has 0 radical (unpaired) electrons. The van der Waals surface area contributed by atoms with Gasteiger partial charge in [-0.15, -0.1) is 0 Å². The summed E-state index contributed by atoms with van der Waals surface area (Å²) in [6, 6.07) is 19.8. The van der Waals surface area contributed by atoms with E-state index in [1.165, 1.54) is 24.3 Å². The summed E-state index contributed by atoms with van der Waals surface area (Å²) >= 11 is 0. The minimum absolute atomic E-state index is 0.0134. The van der Waals surface area contributed by atoms with Gasteiger partial charge in [0.15, 0.2) is 0 Å². The molecule has 42 heavy (non-hydrogen) atoms. The number of carboxylic acid groups (broad SMARTS) is 1. The molecule has 3 rings (SSSR count). The molecule has 220 valence electrons. The zero-order valence-electron chi connectivity index (χ0n) is 22.8. The zero-order chi connectivity index (χ0) is 30.5. The summed E-state index contributed by atoms with van der Waals surface area (Å²) < 4.78 is 10.3. The van der Waals surface area contributed by atoms with E-state index in [1.54, 1.807) is 61.5 Å². The topological polar surface area (TPSA) is 174 Å². The third kappa shape index (κ3) is 9.44. The number of carbonyl (C=O) groups excluding carboxylic acids is 3. The number of rotatable bonds is 14. The summed E-state index contributed by atoms with van der Waals surface area (Å²) in [7, 11) is 0. The fourth-order valence-electron chi connectivity index (χ4n) is 4.23. The highest BCUT2D eigenvalue weighted by Gasteiger charge is 2.35. The molecule has 2 amide bonds. The number of carboxylic acids is 1. The van der Waals surface area contributed by atoms with Gasteiger partial charge in [0.25, 0.3) is 5.69 Å². The number of nitrogens with zero attached hydrogens (tertiary/aromatic N) is 1. The number of ether oxygens (including phenoxy) is 2. The van der Waals surface area contributed by atoms with Crippen molar-refractivity contribution in [3.05, 3.63) is 112 Å². The number of nitro benzene ring substituents is 1. The molecule has 0 spiro atoms. The number of amides is 2. The molecule has 0 unspecified atom stereocenters. The number of esters is 1. The quantitative estimate of drug-likeness (QED) is 0.146. The van der Waals surface area contributed by atoms with Gasteiger partial charge in [0.05, 0.1) is 18.0 Å². The van der Waals surface area contributed by atoms with Gasteiger partial charge in [-0.05, 0) is 23.6 Å². The molecule has 0 fully saturated rings. The van der Waals surface area contributed by atoms with E-state index in [-0.39, 0.29) is 30.9 Å². The van der Waals surface area contributed by atoms with Crippen molar-refractivity contribution in [2.24, 2.45) is 0 Å². The van der Waals surface area contributed by atoms with Crippen molar-refractivity contribution in [2.45, 2.75) is 44.4 Å². The lowest BCUT2D eigenvalue weighted by atomic mass is 9.88. The zero-order valence-corrected chi connectivity index (χ0v) is 22.8. The molecule has 3 N–H and O–H groups in total. The highest BCUT2D eigenvalue weighted by Crippen LogP contribution is 2.27. The maximum Gasteiger partial charge on any atom is 0.408 e. The highest BCUT2D eigenvalue weighted by atomic mass is 16.6. The molecule has 3 aromatic carbocycles. The molecular weight excluding hydrogens is 546 g/mol. The van der Waals surface area contributed by atoms with Gasteiger partial charge in [0.1, 0.15) is 18.7 Å². The number of aliphatic carboxylic acids is 1. The van der Waals surface area contributed by atoms with Crippen LogP contribution in [0.3, 0.4) is 0 Å². The Morgan fingerprint density at radius 3 is 2.00 bits per heavy atom. The lowest BCUT2D eigenvalue weighted by Crippen LogP contribution is -2.54. The number of hydrogen-bond acceptors (Lipinski definition) is 8. The van der Waals surface area contributed by atoms with E-state index in [0.29, 0.717) is 5.56 Å². The van der Waals surface area contributed by atoms with Gasteiger partial charge >= 0.3 is 18.0 Å². The Labute approximate surface area is 241 Å². The van der Waals surface area contributed by atoms with Gasteiger partial charge in [-0.1, -0.05) is 72.8 Å². The van der Waals surface area contributed by atoms with Crippen LogP contribution >= 0.6 is 0 Å². The van der Waals surface area contributed by atoms with Crippen molar-refractivity contribution in [3.8, 4) is 0 Å². The second-order valence-corrected chi connectivity index (χ2v) is 9.24. The number of hydrogen-bond donors (Lipinski definition) is 3.